The summed E-state index contributed by atoms with van der Waals surface area (Å²) in [5.41, 5.74) is 3.88. The Hall–Kier alpha value is -3.42. The van der Waals surface area contributed by atoms with Crippen LogP contribution < -0.4 is 20.7 Å². The van der Waals surface area contributed by atoms with Crippen LogP contribution in [0.5, 0.6) is 0 Å². The van der Waals surface area contributed by atoms with Crippen molar-refractivity contribution in [1.82, 2.24) is 0 Å². The van der Waals surface area contributed by atoms with Crippen LogP contribution in [0.4, 0.5) is 0 Å². The molecular weight excluding hydrogens is 400 g/mol. The predicted octanol–water partition coefficient (Wildman–Crippen LogP) is 5.14. The Balaban J connectivity index is 1.97. The monoisotopic (exact) mass is 428 g/mol. The van der Waals surface area contributed by atoms with Gasteiger partial charge in [0.05, 0.1) is 0 Å². The van der Waals surface area contributed by atoms with Gasteiger partial charge in [0.15, 0.2) is 8.07 Å². The Morgan fingerprint density at radius 3 is 1.28 bits per heavy atom. The number of hydrogen-bond acceptors (Lipinski definition) is 0. The maximum Gasteiger partial charge on any atom is 0.180 e. The largest absolute Gasteiger partial charge is 0.180 e. The van der Waals surface area contributed by atoms with Crippen LogP contribution >= 0.6 is 0 Å². The van der Waals surface area contributed by atoms with Crippen molar-refractivity contribution in [2.45, 2.75) is 20.8 Å². The Kier molecular flexibility index (Phi) is 5.28. The molecule has 5 rings (SSSR count). The lowest BCUT2D eigenvalue weighted by molar-refractivity contribution is 1.47. The van der Waals surface area contributed by atoms with Gasteiger partial charge in [-0.25, -0.2) is 0 Å². The number of benzene rings is 5. The number of rotatable bonds is 4. The van der Waals surface area contributed by atoms with E-state index >= 15 is 0 Å². The van der Waals surface area contributed by atoms with Crippen molar-refractivity contribution in [2.75, 3.05) is 0 Å². The van der Waals surface area contributed by atoms with E-state index in [1.165, 1.54) is 48.2 Å². The van der Waals surface area contributed by atoms with Gasteiger partial charge in [0.2, 0.25) is 0 Å². The average molecular weight is 429 g/mol. The summed E-state index contributed by atoms with van der Waals surface area (Å²) < 4.78 is 0. The van der Waals surface area contributed by atoms with E-state index in [1.54, 1.807) is 0 Å². The van der Waals surface area contributed by atoms with Gasteiger partial charge in [-0.05, 0) is 52.3 Å². The smallest absolute Gasteiger partial charge is 0.0617 e. The third-order valence-electron chi connectivity index (χ3n) is 6.65. The third kappa shape index (κ3) is 3.39. The SMILES string of the molecule is Cc1ccc([Si](c2ccc(C)cc2)(c2ccc(C)cc2)c2cccc3ccccc23)cc1. The quantitative estimate of drug-likeness (QED) is 0.275. The van der Waals surface area contributed by atoms with Gasteiger partial charge in [0.25, 0.3) is 0 Å². The summed E-state index contributed by atoms with van der Waals surface area (Å²) in [6, 6.07) is 43.5. The summed E-state index contributed by atoms with van der Waals surface area (Å²) in [5, 5.41) is 8.37. The molecule has 0 aliphatic heterocycles. The van der Waals surface area contributed by atoms with E-state index < -0.39 is 8.07 Å². The molecule has 0 heterocycles. The normalized spacial score (nSPS) is 11.6. The van der Waals surface area contributed by atoms with E-state index in [1.807, 2.05) is 0 Å². The Morgan fingerprint density at radius 2 is 0.812 bits per heavy atom. The molecule has 0 saturated heterocycles. The first-order valence-electron chi connectivity index (χ1n) is 11.3. The molecule has 0 fully saturated rings. The van der Waals surface area contributed by atoms with Gasteiger partial charge in [0, 0.05) is 0 Å². The van der Waals surface area contributed by atoms with Gasteiger partial charge in [-0.15, -0.1) is 0 Å². The molecule has 0 aliphatic carbocycles. The van der Waals surface area contributed by atoms with Crippen molar-refractivity contribution >= 4 is 39.6 Å². The van der Waals surface area contributed by atoms with E-state index in [-0.39, 0.29) is 0 Å². The molecule has 156 valence electrons. The highest BCUT2D eigenvalue weighted by Crippen LogP contribution is 2.18. The van der Waals surface area contributed by atoms with E-state index in [0.29, 0.717) is 0 Å². The van der Waals surface area contributed by atoms with Gasteiger partial charge in [-0.1, -0.05) is 132 Å². The number of aryl methyl sites for hydroxylation is 3. The van der Waals surface area contributed by atoms with Gasteiger partial charge in [-0.2, -0.15) is 0 Å². The highest BCUT2D eigenvalue weighted by molar-refractivity contribution is 7.20. The minimum absolute atomic E-state index is 1.29. The van der Waals surface area contributed by atoms with Gasteiger partial charge < -0.3 is 0 Å². The van der Waals surface area contributed by atoms with E-state index in [0.717, 1.165) is 0 Å². The second-order valence-electron chi connectivity index (χ2n) is 8.87. The molecule has 5 aromatic carbocycles. The molecule has 5 aromatic rings. The maximum atomic E-state index is 2.37. The second-order valence-corrected chi connectivity index (χ2v) is 12.6. The lowest BCUT2D eigenvalue weighted by Gasteiger charge is -2.35. The zero-order valence-corrected chi connectivity index (χ0v) is 20.0. The molecular formula is C31H28Si. The molecule has 0 amide bonds. The van der Waals surface area contributed by atoms with Crippen molar-refractivity contribution in [3.63, 3.8) is 0 Å². The highest BCUT2D eigenvalue weighted by Gasteiger charge is 2.42. The first kappa shape index (κ1) is 20.5. The van der Waals surface area contributed by atoms with Crippen LogP contribution in [-0.4, -0.2) is 8.07 Å². The van der Waals surface area contributed by atoms with Crippen molar-refractivity contribution in [3.05, 3.63) is 132 Å². The summed E-state index contributed by atoms with van der Waals surface area (Å²) in [6.45, 7) is 6.51. The standard InChI is InChI=1S/C31H28Si/c1-23-11-17-27(18-12-23)32(28-19-13-24(2)14-20-28,29-21-15-25(3)16-22-29)31-10-6-8-26-7-4-5-9-30(26)31/h4-22H,1-3H3. The lowest BCUT2D eigenvalue weighted by Crippen LogP contribution is -2.74. The first-order valence-corrected chi connectivity index (χ1v) is 13.3. The lowest BCUT2D eigenvalue weighted by atomic mass is 10.1. The molecule has 0 unspecified atom stereocenters. The first-order chi connectivity index (χ1) is 15.6. The van der Waals surface area contributed by atoms with Gasteiger partial charge in [-0.3, -0.25) is 0 Å². The van der Waals surface area contributed by atoms with Crippen LogP contribution in [0.3, 0.4) is 0 Å². The summed E-state index contributed by atoms with van der Waals surface area (Å²) in [7, 11) is -2.53. The van der Waals surface area contributed by atoms with E-state index in [9.17, 15) is 0 Å². The van der Waals surface area contributed by atoms with Crippen molar-refractivity contribution in [3.8, 4) is 0 Å². The van der Waals surface area contributed by atoms with Crippen LogP contribution in [0, 0.1) is 20.8 Å². The average Bonchev–Trinajstić information content (AvgIpc) is 2.83. The fourth-order valence-corrected chi connectivity index (χ4v) is 9.84. The molecule has 0 spiro atoms. The Labute approximate surface area is 192 Å². The highest BCUT2D eigenvalue weighted by atomic mass is 28.3. The molecule has 0 bridgehead atoms. The molecule has 0 aliphatic rings. The molecule has 1 heteroatoms. The summed E-state index contributed by atoms with van der Waals surface area (Å²) in [5.74, 6) is 0. The van der Waals surface area contributed by atoms with Crippen molar-refractivity contribution in [2.24, 2.45) is 0 Å². The van der Waals surface area contributed by atoms with Crippen LogP contribution in [0.15, 0.2) is 115 Å². The van der Waals surface area contributed by atoms with E-state index in [4.69, 9.17) is 0 Å². The second kappa shape index (κ2) is 8.25. The molecule has 0 saturated carbocycles. The molecule has 0 nitrogen and oxygen atoms in total. The Bertz CT molecular complexity index is 1250. The molecule has 0 radical (unpaired) electrons. The summed E-state index contributed by atoms with van der Waals surface area (Å²) >= 11 is 0. The topological polar surface area (TPSA) is 0 Å². The van der Waals surface area contributed by atoms with Crippen molar-refractivity contribution < 1.29 is 0 Å². The zero-order valence-electron chi connectivity index (χ0n) is 19.0. The summed E-state index contributed by atoms with van der Waals surface area (Å²) in [6.07, 6.45) is 0. The van der Waals surface area contributed by atoms with Crippen LogP contribution in [0.2, 0.25) is 0 Å². The molecule has 0 N–H and O–H groups in total. The molecule has 0 aromatic heterocycles. The minimum Gasteiger partial charge on any atom is -0.0617 e. The van der Waals surface area contributed by atoms with Gasteiger partial charge >= 0.3 is 0 Å². The fraction of sp³-hybridized carbons (Fsp3) is 0.0968. The van der Waals surface area contributed by atoms with Crippen LogP contribution in [0.25, 0.3) is 10.8 Å². The maximum absolute atomic E-state index is 2.53. The predicted molar refractivity (Wildman–Crippen MR) is 142 cm³/mol. The molecule has 32 heavy (non-hydrogen) atoms. The van der Waals surface area contributed by atoms with Gasteiger partial charge in [0.1, 0.15) is 0 Å². The van der Waals surface area contributed by atoms with E-state index in [2.05, 4.69) is 136 Å². The Morgan fingerprint density at radius 1 is 0.406 bits per heavy atom. The number of fused-ring (bicyclic) bond motifs is 1. The zero-order chi connectivity index (χ0) is 22.1. The molecule has 0 atom stereocenters. The number of hydrogen-bond donors (Lipinski definition) is 0. The third-order valence-corrected chi connectivity index (χ3v) is 11.5. The minimum atomic E-state index is -2.53. The fourth-order valence-electron chi connectivity index (χ4n) is 4.93. The van der Waals surface area contributed by atoms with Crippen LogP contribution in [0.1, 0.15) is 16.7 Å². The van der Waals surface area contributed by atoms with Crippen LogP contribution in [-0.2, 0) is 0 Å². The van der Waals surface area contributed by atoms with Crippen molar-refractivity contribution in [1.29, 1.82) is 0 Å². The summed E-state index contributed by atoms with van der Waals surface area (Å²) in [4.78, 5) is 0.